The Kier molecular flexibility index (Phi) is 11.3. The van der Waals surface area contributed by atoms with Crippen LogP contribution in [0.1, 0.15) is 66.5 Å². The van der Waals surface area contributed by atoms with E-state index in [0.29, 0.717) is 55.4 Å². The first-order chi connectivity index (χ1) is 26.1. The highest BCUT2D eigenvalue weighted by atomic mass is 32.2. The molecule has 15 nitrogen and oxygen atoms in total. The molecule has 0 radical (unpaired) electrons. The van der Waals surface area contributed by atoms with Crippen LogP contribution in [0, 0.1) is 0 Å². The van der Waals surface area contributed by atoms with Crippen molar-refractivity contribution < 1.29 is 27.6 Å². The van der Waals surface area contributed by atoms with Gasteiger partial charge in [0.05, 0.1) is 28.4 Å². The van der Waals surface area contributed by atoms with Crippen LogP contribution in [0.4, 0.5) is 21.0 Å². The normalized spacial score (nSPS) is 19.1. The molecule has 3 atom stereocenters. The van der Waals surface area contributed by atoms with Gasteiger partial charge in [-0.15, -0.1) is 5.10 Å². The number of nitrogens with zero attached hydrogens (tertiary/aromatic N) is 3. The van der Waals surface area contributed by atoms with Gasteiger partial charge in [0.1, 0.15) is 0 Å². The molecule has 0 unspecified atom stereocenters. The maximum absolute atomic E-state index is 13.1. The fourth-order valence-electron chi connectivity index (χ4n) is 7.22. The Morgan fingerprint density at radius 3 is 2.74 bits per heavy atom. The number of allylic oxidation sites excluding steroid dienone is 2. The molecule has 6 N–H and O–H groups in total. The number of sulfonamides is 1. The lowest BCUT2D eigenvalue weighted by Gasteiger charge is -2.16. The van der Waals surface area contributed by atoms with Crippen molar-refractivity contribution >= 4 is 69.2 Å². The van der Waals surface area contributed by atoms with E-state index in [1.807, 2.05) is 36.1 Å². The number of benzene rings is 2. The second-order valence-corrected chi connectivity index (χ2v) is 16.7. The number of aryl methyl sites for hydroxylation is 2. The molecule has 54 heavy (non-hydrogen) atoms. The first-order valence-electron chi connectivity index (χ1n) is 18.2. The smallest absolute Gasteiger partial charge is 0.333 e. The molecule has 2 fully saturated rings. The van der Waals surface area contributed by atoms with E-state index in [2.05, 4.69) is 47.7 Å². The summed E-state index contributed by atoms with van der Waals surface area (Å²) in [6.07, 6.45) is 15.4. The summed E-state index contributed by atoms with van der Waals surface area (Å²) in [4.78, 5) is 49.3. The van der Waals surface area contributed by atoms with Crippen molar-refractivity contribution in [1.29, 1.82) is 0 Å². The molecule has 1 aromatic heterocycles. The lowest BCUT2D eigenvalue weighted by atomic mass is 9.98. The number of urea groups is 2. The zero-order valence-electron chi connectivity index (χ0n) is 29.6. The molecule has 2 saturated heterocycles. The van der Waals surface area contributed by atoms with Crippen molar-refractivity contribution in [2.75, 3.05) is 22.9 Å². The molecule has 3 heterocycles. The van der Waals surface area contributed by atoms with E-state index in [9.17, 15) is 27.6 Å². The van der Waals surface area contributed by atoms with Crippen LogP contribution in [-0.2, 0) is 45.4 Å². The minimum Gasteiger partial charge on any atom is -0.356 e. The Morgan fingerprint density at radius 2 is 1.85 bits per heavy atom. The highest BCUT2D eigenvalue weighted by Crippen LogP contribution is 2.37. The summed E-state index contributed by atoms with van der Waals surface area (Å²) in [5.74, 6) is 0.608. The van der Waals surface area contributed by atoms with Crippen LogP contribution in [-0.4, -0.2) is 76.9 Å². The molecule has 4 aliphatic rings. The summed E-state index contributed by atoms with van der Waals surface area (Å²) in [6, 6.07) is 7.25. The number of unbranched alkanes of at least 4 members (excludes halogenated alkanes) is 1. The number of carbonyl (C=O) groups excluding carboxylic acids is 4. The molecule has 284 valence electrons. The topological polar surface area (TPSA) is 205 Å². The molecule has 6 amide bonds. The van der Waals surface area contributed by atoms with E-state index < -0.39 is 16.1 Å². The van der Waals surface area contributed by atoms with Crippen molar-refractivity contribution in [2.45, 2.75) is 86.6 Å². The number of hydrogen-bond donors (Lipinski definition) is 6. The van der Waals surface area contributed by atoms with Gasteiger partial charge < -0.3 is 26.6 Å². The standard InChI is InChI=1S/C37H43N9O6S2/c47-32(14-2-1-13-31-35-30(22-53-31)40-36(49)42-35)38-17-6-18-46-21-26(43-45-46)15-16-33(48)39-25-9-5-10-27(20-25)54(51,52)44-37(50)41-34-28-11-3-7-23(28)19-24-8-4-12-29(24)34/h3-5,7,9-10,12,19-21,30-31,35H,1-2,6,8,11,13-18,22H2,(H,38,47)(H,39,48)(H2,40,42,49)(H2,41,44,50)/t30-,31-,35-/m0/s1. The average Bonchev–Trinajstić information content (AvgIpc) is 3.98. The zero-order valence-corrected chi connectivity index (χ0v) is 31.2. The van der Waals surface area contributed by atoms with Crippen molar-refractivity contribution in [1.82, 2.24) is 35.7 Å². The Hall–Kier alpha value is -5.16. The van der Waals surface area contributed by atoms with Gasteiger partial charge in [0, 0.05) is 60.8 Å². The van der Waals surface area contributed by atoms with E-state index in [1.54, 1.807) is 16.9 Å². The molecular weight excluding hydrogens is 731 g/mol. The number of nitrogens with one attached hydrogen (secondary N) is 6. The molecule has 0 bridgehead atoms. The third kappa shape index (κ3) is 8.95. The Balaban J connectivity index is 0.796. The van der Waals surface area contributed by atoms with Crippen molar-refractivity contribution in [2.24, 2.45) is 0 Å². The summed E-state index contributed by atoms with van der Waals surface area (Å²) in [5.41, 5.74) is 5.41. The first kappa shape index (κ1) is 37.2. The molecular formula is C37H43N9O6S2. The third-order valence-corrected chi connectivity index (χ3v) is 12.7. The number of fused-ring (bicyclic) bond motifs is 3. The molecule has 2 aliphatic carbocycles. The second-order valence-electron chi connectivity index (χ2n) is 13.8. The van der Waals surface area contributed by atoms with Crippen LogP contribution < -0.4 is 31.3 Å². The first-order valence-corrected chi connectivity index (χ1v) is 20.7. The fraction of sp³-hybridized carbons (Fsp3) is 0.405. The van der Waals surface area contributed by atoms with Gasteiger partial charge in [-0.25, -0.2) is 22.7 Å². The van der Waals surface area contributed by atoms with Crippen molar-refractivity contribution in [3.8, 4) is 0 Å². The van der Waals surface area contributed by atoms with Gasteiger partial charge in [-0.3, -0.25) is 14.3 Å². The molecule has 0 saturated carbocycles. The second kappa shape index (κ2) is 16.5. The minimum atomic E-state index is -4.25. The average molecular weight is 774 g/mol. The van der Waals surface area contributed by atoms with Crippen LogP contribution in [0.3, 0.4) is 0 Å². The molecule has 3 aromatic rings. The summed E-state index contributed by atoms with van der Waals surface area (Å²) in [6.45, 7) is 1.06. The fourth-order valence-corrected chi connectivity index (χ4v) is 9.71. The van der Waals surface area contributed by atoms with E-state index in [1.165, 1.54) is 18.2 Å². The van der Waals surface area contributed by atoms with E-state index in [-0.39, 0.29) is 46.9 Å². The number of amides is 6. The van der Waals surface area contributed by atoms with Crippen molar-refractivity contribution in [3.63, 3.8) is 0 Å². The lowest BCUT2D eigenvalue weighted by molar-refractivity contribution is -0.121. The summed E-state index contributed by atoms with van der Waals surface area (Å²) in [5, 5.41) is 23.0. The minimum absolute atomic E-state index is 0.0158. The van der Waals surface area contributed by atoms with Crippen LogP contribution in [0.2, 0.25) is 0 Å². The quantitative estimate of drug-likeness (QED) is 0.0926. The summed E-state index contributed by atoms with van der Waals surface area (Å²) >= 11 is 1.88. The van der Waals surface area contributed by atoms with Gasteiger partial charge >= 0.3 is 12.1 Å². The van der Waals surface area contributed by atoms with Crippen molar-refractivity contribution in [3.05, 3.63) is 76.6 Å². The Morgan fingerprint density at radius 1 is 0.981 bits per heavy atom. The van der Waals surface area contributed by atoms with E-state index in [4.69, 9.17) is 0 Å². The molecule has 7 rings (SSSR count). The monoisotopic (exact) mass is 773 g/mol. The highest BCUT2D eigenvalue weighted by Gasteiger charge is 2.42. The number of aromatic nitrogens is 3. The van der Waals surface area contributed by atoms with Gasteiger partial charge in [-0.1, -0.05) is 48.1 Å². The van der Waals surface area contributed by atoms with Gasteiger partial charge in [0.25, 0.3) is 10.0 Å². The molecule has 0 spiro atoms. The van der Waals surface area contributed by atoms with Crippen LogP contribution in [0.25, 0.3) is 12.2 Å². The summed E-state index contributed by atoms with van der Waals surface area (Å²) < 4.78 is 30.1. The van der Waals surface area contributed by atoms with Gasteiger partial charge in [0.2, 0.25) is 11.8 Å². The summed E-state index contributed by atoms with van der Waals surface area (Å²) in [7, 11) is -4.25. The van der Waals surface area contributed by atoms with Crippen LogP contribution >= 0.6 is 11.8 Å². The Bertz CT molecular complexity index is 2120. The van der Waals surface area contributed by atoms with Gasteiger partial charge in [-0.2, -0.15) is 11.8 Å². The number of thioether (sulfide) groups is 1. The largest absolute Gasteiger partial charge is 0.356 e. The van der Waals surface area contributed by atoms with Gasteiger partial charge in [-0.05, 0) is 67.0 Å². The maximum Gasteiger partial charge on any atom is 0.333 e. The van der Waals surface area contributed by atoms with E-state index in [0.717, 1.165) is 53.7 Å². The van der Waals surface area contributed by atoms with E-state index >= 15 is 0 Å². The predicted molar refractivity (Wildman–Crippen MR) is 206 cm³/mol. The molecule has 17 heteroatoms. The number of rotatable bonds is 16. The zero-order chi connectivity index (χ0) is 37.7. The molecule has 2 aromatic carbocycles. The highest BCUT2D eigenvalue weighted by molar-refractivity contribution is 8.00. The molecule has 2 aliphatic heterocycles. The number of anilines is 2. The third-order valence-electron chi connectivity index (χ3n) is 9.89. The van der Waals surface area contributed by atoms with Crippen LogP contribution in [0.15, 0.2) is 53.6 Å². The number of hydrogen-bond acceptors (Lipinski definition) is 9. The maximum atomic E-state index is 13.1. The SMILES string of the molecule is O=C(CCCC[C@@H]1SC[C@@H]2NC(=O)N[C@@H]21)NCCCn1cc(CCC(=O)Nc2cccc(S(=O)(=O)NC(=O)Nc3c4c(cc5c3CC=C5)CC=C4)c2)nn1. The number of carbonyl (C=O) groups is 4. The predicted octanol–water partition coefficient (Wildman–Crippen LogP) is 3.73. The lowest BCUT2D eigenvalue weighted by Crippen LogP contribution is -2.36. The van der Waals surface area contributed by atoms with Gasteiger partial charge in [0.15, 0.2) is 0 Å². The Labute approximate surface area is 317 Å². The van der Waals surface area contributed by atoms with Crippen LogP contribution in [0.5, 0.6) is 0 Å².